The van der Waals surface area contributed by atoms with Crippen LogP contribution in [0.2, 0.25) is 0 Å². The van der Waals surface area contributed by atoms with Crippen LogP contribution < -0.4 is 0 Å². The van der Waals surface area contributed by atoms with E-state index in [-0.39, 0.29) is 6.42 Å². The van der Waals surface area contributed by atoms with Crippen molar-refractivity contribution in [1.82, 2.24) is 0 Å². The number of nitrogens with zero attached hydrogens (tertiary/aromatic N) is 1. The number of fused-ring (bicyclic) bond motifs is 2. The van der Waals surface area contributed by atoms with Gasteiger partial charge in [0.2, 0.25) is 0 Å². The van der Waals surface area contributed by atoms with E-state index in [0.29, 0.717) is 0 Å². The lowest BCUT2D eigenvalue weighted by Crippen LogP contribution is -2.44. The average molecular weight is 284 g/mol. The number of hydrogen-bond donors (Lipinski definition) is 0. The van der Waals surface area contributed by atoms with Crippen LogP contribution in [0, 0.1) is 17.2 Å². The maximum atomic E-state index is 12.6. The first kappa shape index (κ1) is 12.2. The summed E-state index contributed by atoms with van der Waals surface area (Å²) in [5.74, 6) is -0.830. The fraction of sp³-hybridized carbons (Fsp3) is 0.857. The summed E-state index contributed by atoms with van der Waals surface area (Å²) in [7, 11) is -9.66. The third-order valence-electron chi connectivity index (χ3n) is 2.89. The molecule has 0 amide bonds. The van der Waals surface area contributed by atoms with E-state index in [1.54, 1.807) is 6.07 Å². The molecule has 0 spiro atoms. The van der Waals surface area contributed by atoms with E-state index in [4.69, 9.17) is 21.6 Å². The van der Waals surface area contributed by atoms with Gasteiger partial charge in [0.15, 0.2) is 0 Å². The summed E-state index contributed by atoms with van der Waals surface area (Å²) in [5, 5.41) is 3.77. The van der Waals surface area contributed by atoms with Crippen molar-refractivity contribution in [3.8, 4) is 6.07 Å². The molecule has 2 aliphatic rings. The van der Waals surface area contributed by atoms with Gasteiger partial charge in [-0.25, -0.2) is 0 Å². The predicted octanol–water partition coefficient (Wildman–Crippen LogP) is 3.57. The highest BCUT2D eigenvalue weighted by Crippen LogP contribution is 3.02. The Bertz CT molecular complexity index is 375. The third-order valence-corrected chi connectivity index (χ3v) is 5.18. The van der Waals surface area contributed by atoms with Gasteiger partial charge < -0.3 is 4.74 Å². The number of nitriles is 1. The molecular weight excluding hydrogens is 277 g/mol. The predicted molar refractivity (Wildman–Crippen MR) is 48.9 cm³/mol. The molecule has 9 heteroatoms. The van der Waals surface area contributed by atoms with Crippen LogP contribution in [0.5, 0.6) is 0 Å². The van der Waals surface area contributed by atoms with Gasteiger partial charge in [-0.3, -0.25) is 0 Å². The summed E-state index contributed by atoms with van der Waals surface area (Å²) in [4.78, 5) is 0. The third kappa shape index (κ3) is 1.75. The van der Waals surface area contributed by atoms with Gasteiger partial charge >= 0.3 is 0 Å². The van der Waals surface area contributed by atoms with E-state index in [2.05, 4.69) is 0 Å². The molecule has 0 aliphatic carbocycles. The number of ether oxygens (including phenoxy) is 1. The molecule has 2 heterocycles. The molecule has 0 N–H and O–H groups in total. The maximum absolute atomic E-state index is 12.6. The zero-order valence-corrected chi connectivity index (χ0v) is 9.20. The summed E-state index contributed by atoms with van der Waals surface area (Å²) >= 11 is 5.37. The van der Waals surface area contributed by atoms with E-state index < -0.39 is 39.0 Å². The number of rotatable bonds is 1. The largest absolute Gasteiger partial charge is 0.370 e. The van der Waals surface area contributed by atoms with E-state index in [1.165, 1.54) is 0 Å². The quantitative estimate of drug-likeness (QED) is 0.544. The monoisotopic (exact) mass is 283 g/mol. The van der Waals surface area contributed by atoms with Crippen molar-refractivity contribution in [1.29, 1.82) is 5.26 Å². The number of hydrogen-bond acceptors (Lipinski definition) is 2. The zero-order valence-electron chi connectivity index (χ0n) is 7.63. The van der Waals surface area contributed by atoms with Gasteiger partial charge in [-0.15, -0.1) is 11.6 Å². The molecule has 16 heavy (non-hydrogen) atoms. The molecular formula is C7H7ClF5NOS. The Morgan fingerprint density at radius 2 is 1.81 bits per heavy atom. The van der Waals surface area contributed by atoms with Crippen molar-refractivity contribution in [3.05, 3.63) is 0 Å². The first-order valence-electron chi connectivity index (χ1n) is 4.36. The van der Waals surface area contributed by atoms with Crippen molar-refractivity contribution in [3.63, 3.8) is 0 Å². The molecule has 2 nitrogen and oxygen atoms in total. The summed E-state index contributed by atoms with van der Waals surface area (Å²) in [6.45, 7) is 0. The summed E-state index contributed by atoms with van der Waals surface area (Å²) in [6.07, 6.45) is -3.26. The average Bonchev–Trinajstić information content (AvgIpc) is 2.55. The molecule has 0 aromatic carbocycles. The SMILES string of the molecule is N#C[C@H]1C[C@H]2O[C@@H]1[C@@H](Cl)[C@@H]2S(F)(F)(F)(F)F. The molecule has 2 saturated heterocycles. The number of halogens is 6. The van der Waals surface area contributed by atoms with Gasteiger partial charge in [0.1, 0.15) is 5.25 Å². The minimum Gasteiger partial charge on any atom is -0.370 e. The summed E-state index contributed by atoms with van der Waals surface area (Å²) in [6, 6.07) is 1.71. The standard InChI is InChI=1S/C7H7ClF5NOS/c8-5-6-3(2-14)1-4(15-6)7(5)16(9,10,11,12)13/h3-7H,1H2/t3-,4-,5-,6+,7-/m1/s1. The highest BCUT2D eigenvalue weighted by molar-refractivity contribution is 8.46. The molecule has 94 valence electrons. The molecule has 0 saturated carbocycles. The normalized spacial score (nSPS) is 47.2. The maximum Gasteiger partial charge on any atom is 0.292 e. The Hall–Kier alpha value is -0.260. The fourth-order valence-electron chi connectivity index (χ4n) is 2.30. The molecule has 2 bridgehead atoms. The van der Waals surface area contributed by atoms with Crippen LogP contribution >= 0.6 is 21.8 Å². The second-order valence-corrected chi connectivity index (χ2v) is 7.15. The first-order chi connectivity index (χ1) is 6.94. The highest BCUT2D eigenvalue weighted by atomic mass is 35.5. The van der Waals surface area contributed by atoms with Crippen molar-refractivity contribution < 1.29 is 24.2 Å². The fourth-order valence-corrected chi connectivity index (χ4v) is 4.67. The van der Waals surface area contributed by atoms with Crippen LogP contribution in [0.3, 0.4) is 0 Å². The Morgan fingerprint density at radius 1 is 1.25 bits per heavy atom. The van der Waals surface area contributed by atoms with Crippen LogP contribution in [0.1, 0.15) is 6.42 Å². The molecule has 2 fully saturated rings. The van der Waals surface area contributed by atoms with Gasteiger partial charge in [0, 0.05) is 0 Å². The minimum atomic E-state index is -9.66. The van der Waals surface area contributed by atoms with Gasteiger partial charge in [-0.05, 0) is 6.42 Å². The summed E-state index contributed by atoms with van der Waals surface area (Å²) in [5.41, 5.74) is 0. The lowest BCUT2D eigenvalue weighted by molar-refractivity contribution is 0.0975. The lowest BCUT2D eigenvalue weighted by Gasteiger charge is -2.49. The lowest BCUT2D eigenvalue weighted by atomic mass is 9.90. The van der Waals surface area contributed by atoms with Crippen LogP contribution in [0.4, 0.5) is 19.4 Å². The van der Waals surface area contributed by atoms with Crippen LogP contribution in [0.15, 0.2) is 0 Å². The highest BCUT2D eigenvalue weighted by Gasteiger charge is 2.79. The second kappa shape index (κ2) is 2.60. The van der Waals surface area contributed by atoms with Crippen LogP contribution in [-0.4, -0.2) is 22.8 Å². The Balaban J connectivity index is 2.36. The van der Waals surface area contributed by atoms with Gasteiger partial charge in [-0.2, -0.15) is 5.26 Å². The van der Waals surface area contributed by atoms with Crippen LogP contribution in [-0.2, 0) is 4.74 Å². The Kier molecular flexibility index (Phi) is 1.98. The molecule has 2 aliphatic heterocycles. The van der Waals surface area contributed by atoms with Crippen molar-refractivity contribution >= 4 is 21.8 Å². The van der Waals surface area contributed by atoms with Crippen molar-refractivity contribution in [2.45, 2.75) is 29.3 Å². The first-order valence-corrected chi connectivity index (χ1v) is 6.81. The topological polar surface area (TPSA) is 33.0 Å². The Labute approximate surface area is 93.0 Å². The van der Waals surface area contributed by atoms with E-state index in [9.17, 15) is 19.4 Å². The van der Waals surface area contributed by atoms with Gasteiger partial charge in [0.25, 0.3) is 10.2 Å². The smallest absolute Gasteiger partial charge is 0.292 e. The van der Waals surface area contributed by atoms with Gasteiger partial charge in [0.05, 0.1) is 29.6 Å². The molecule has 5 atom stereocenters. The molecule has 0 aromatic rings. The number of alkyl halides is 1. The van der Waals surface area contributed by atoms with E-state index in [1.807, 2.05) is 0 Å². The van der Waals surface area contributed by atoms with E-state index >= 15 is 0 Å². The molecule has 2 rings (SSSR count). The van der Waals surface area contributed by atoms with Crippen molar-refractivity contribution in [2.75, 3.05) is 0 Å². The van der Waals surface area contributed by atoms with Crippen molar-refractivity contribution in [2.24, 2.45) is 5.92 Å². The molecule has 0 unspecified atom stereocenters. The molecule has 0 aromatic heterocycles. The van der Waals surface area contributed by atoms with Crippen LogP contribution in [0.25, 0.3) is 0 Å². The molecule has 0 radical (unpaired) electrons. The Morgan fingerprint density at radius 3 is 2.19 bits per heavy atom. The summed E-state index contributed by atoms with van der Waals surface area (Å²) < 4.78 is 67.8. The second-order valence-electron chi connectivity index (χ2n) is 4.05. The van der Waals surface area contributed by atoms with Gasteiger partial charge in [-0.1, -0.05) is 19.4 Å². The minimum absolute atomic E-state index is 0.333. The zero-order chi connectivity index (χ0) is 12.4. The van der Waals surface area contributed by atoms with E-state index in [0.717, 1.165) is 0 Å².